The predicted molar refractivity (Wildman–Crippen MR) is 96.1 cm³/mol. The second-order valence-electron chi connectivity index (χ2n) is 5.56. The maximum absolute atomic E-state index is 12.0. The van der Waals surface area contributed by atoms with Gasteiger partial charge in [0, 0.05) is 30.2 Å². The Kier molecular flexibility index (Phi) is 5.53. The van der Waals surface area contributed by atoms with Crippen LogP contribution in [0.3, 0.4) is 0 Å². The first-order valence-corrected chi connectivity index (χ1v) is 8.98. The highest BCUT2D eigenvalue weighted by Crippen LogP contribution is 2.20. The van der Waals surface area contributed by atoms with Gasteiger partial charge in [-0.15, -0.1) is 11.8 Å². The smallest absolute Gasteiger partial charge is 0.225 e. The Morgan fingerprint density at radius 2 is 1.91 bits per heavy atom. The van der Waals surface area contributed by atoms with E-state index in [0.29, 0.717) is 6.42 Å². The van der Waals surface area contributed by atoms with Crippen LogP contribution < -0.4 is 10.2 Å². The van der Waals surface area contributed by atoms with Gasteiger partial charge in [0.15, 0.2) is 0 Å². The van der Waals surface area contributed by atoms with E-state index in [2.05, 4.69) is 27.3 Å². The Morgan fingerprint density at radius 1 is 1.13 bits per heavy atom. The SMILES string of the molecule is O=C(CCSc1ccccc1)Nc1ccc(N2CCCC2)nc1. The molecule has 23 heavy (non-hydrogen) atoms. The van der Waals surface area contributed by atoms with Crippen molar-refractivity contribution in [2.24, 2.45) is 0 Å². The number of amides is 1. The van der Waals surface area contributed by atoms with E-state index in [-0.39, 0.29) is 5.91 Å². The number of nitrogens with one attached hydrogen (secondary N) is 1. The van der Waals surface area contributed by atoms with Crippen LogP contribution >= 0.6 is 11.8 Å². The molecule has 0 saturated carbocycles. The van der Waals surface area contributed by atoms with Crippen LogP contribution in [0.15, 0.2) is 53.6 Å². The van der Waals surface area contributed by atoms with Crippen molar-refractivity contribution in [1.82, 2.24) is 4.98 Å². The normalized spacial score (nSPS) is 14.0. The second kappa shape index (κ2) is 8.02. The van der Waals surface area contributed by atoms with E-state index < -0.39 is 0 Å². The van der Waals surface area contributed by atoms with Gasteiger partial charge in [-0.2, -0.15) is 0 Å². The summed E-state index contributed by atoms with van der Waals surface area (Å²) in [6.45, 7) is 2.16. The minimum atomic E-state index is 0.0316. The number of hydrogen-bond acceptors (Lipinski definition) is 4. The lowest BCUT2D eigenvalue weighted by molar-refractivity contribution is -0.115. The largest absolute Gasteiger partial charge is 0.357 e. The van der Waals surface area contributed by atoms with Gasteiger partial charge in [-0.25, -0.2) is 4.98 Å². The first-order chi connectivity index (χ1) is 11.3. The molecule has 4 nitrogen and oxygen atoms in total. The van der Waals surface area contributed by atoms with E-state index >= 15 is 0 Å². The summed E-state index contributed by atoms with van der Waals surface area (Å²) in [5, 5.41) is 2.91. The summed E-state index contributed by atoms with van der Waals surface area (Å²) in [6.07, 6.45) is 4.71. The molecule has 2 heterocycles. The molecule has 3 rings (SSSR count). The summed E-state index contributed by atoms with van der Waals surface area (Å²) in [6, 6.07) is 14.1. The van der Waals surface area contributed by atoms with Gasteiger partial charge in [0.05, 0.1) is 11.9 Å². The monoisotopic (exact) mass is 327 g/mol. The van der Waals surface area contributed by atoms with Gasteiger partial charge in [0.25, 0.3) is 0 Å². The maximum atomic E-state index is 12.0. The molecule has 0 aliphatic carbocycles. The number of nitrogens with zero attached hydrogens (tertiary/aromatic N) is 2. The van der Waals surface area contributed by atoms with Gasteiger partial charge >= 0.3 is 0 Å². The summed E-state index contributed by atoms with van der Waals surface area (Å²) in [4.78, 5) is 19.9. The Hall–Kier alpha value is -2.01. The summed E-state index contributed by atoms with van der Waals surface area (Å²) in [7, 11) is 0. The highest BCUT2D eigenvalue weighted by Gasteiger charge is 2.13. The zero-order valence-corrected chi connectivity index (χ0v) is 13.9. The standard InChI is InChI=1S/C18H21N3OS/c22-18(10-13-23-16-6-2-1-3-7-16)20-15-8-9-17(19-14-15)21-11-4-5-12-21/h1-3,6-9,14H,4-5,10-13H2,(H,20,22). The fourth-order valence-corrected chi connectivity index (χ4v) is 3.47. The number of hydrogen-bond donors (Lipinski definition) is 1. The molecule has 1 N–H and O–H groups in total. The van der Waals surface area contributed by atoms with Crippen molar-refractivity contribution in [3.8, 4) is 0 Å². The van der Waals surface area contributed by atoms with E-state index in [1.54, 1.807) is 18.0 Å². The quantitative estimate of drug-likeness (QED) is 0.820. The van der Waals surface area contributed by atoms with Gasteiger partial charge in [-0.05, 0) is 37.1 Å². The van der Waals surface area contributed by atoms with Gasteiger partial charge in [-0.3, -0.25) is 4.79 Å². The third-order valence-electron chi connectivity index (χ3n) is 3.80. The molecule has 0 unspecified atom stereocenters. The first kappa shape index (κ1) is 15.9. The van der Waals surface area contributed by atoms with Crippen molar-refractivity contribution in [3.63, 3.8) is 0 Å². The summed E-state index contributed by atoms with van der Waals surface area (Å²) >= 11 is 1.70. The lowest BCUT2D eigenvalue weighted by Gasteiger charge is -2.16. The Balaban J connectivity index is 1.44. The van der Waals surface area contributed by atoms with Crippen molar-refractivity contribution < 1.29 is 4.79 Å². The lowest BCUT2D eigenvalue weighted by Crippen LogP contribution is -2.19. The second-order valence-corrected chi connectivity index (χ2v) is 6.73. The van der Waals surface area contributed by atoms with E-state index in [4.69, 9.17) is 0 Å². The van der Waals surface area contributed by atoms with E-state index in [9.17, 15) is 4.79 Å². The first-order valence-electron chi connectivity index (χ1n) is 8.00. The highest BCUT2D eigenvalue weighted by molar-refractivity contribution is 7.99. The van der Waals surface area contributed by atoms with E-state index in [1.807, 2.05) is 30.3 Å². The molecule has 1 aliphatic rings. The zero-order valence-electron chi connectivity index (χ0n) is 13.1. The summed E-state index contributed by atoms with van der Waals surface area (Å²) in [5.41, 5.74) is 0.766. The van der Waals surface area contributed by atoms with Crippen LogP contribution in [-0.4, -0.2) is 29.7 Å². The molecule has 1 fully saturated rings. The molecule has 0 atom stereocenters. The molecule has 0 bridgehead atoms. The maximum Gasteiger partial charge on any atom is 0.225 e. The van der Waals surface area contributed by atoms with Crippen molar-refractivity contribution >= 4 is 29.2 Å². The molecular formula is C18H21N3OS. The zero-order chi connectivity index (χ0) is 15.9. The van der Waals surface area contributed by atoms with Crippen LogP contribution in [0.25, 0.3) is 0 Å². The van der Waals surface area contributed by atoms with Crippen LogP contribution in [0.1, 0.15) is 19.3 Å². The Morgan fingerprint density at radius 3 is 2.61 bits per heavy atom. The van der Waals surface area contributed by atoms with Crippen molar-refractivity contribution in [1.29, 1.82) is 0 Å². The Labute approximate surface area is 141 Å². The summed E-state index contributed by atoms with van der Waals surface area (Å²) in [5.74, 6) is 1.80. The minimum absolute atomic E-state index is 0.0316. The number of benzene rings is 1. The summed E-state index contributed by atoms with van der Waals surface area (Å²) < 4.78 is 0. The van der Waals surface area contributed by atoms with E-state index in [0.717, 1.165) is 30.3 Å². The van der Waals surface area contributed by atoms with Gasteiger partial charge in [-0.1, -0.05) is 18.2 Å². The molecule has 1 amide bonds. The minimum Gasteiger partial charge on any atom is -0.357 e. The molecule has 1 aromatic carbocycles. The number of aromatic nitrogens is 1. The average molecular weight is 327 g/mol. The number of carbonyl (C=O) groups excluding carboxylic acids is 1. The lowest BCUT2D eigenvalue weighted by atomic mass is 10.3. The molecular weight excluding hydrogens is 306 g/mol. The van der Waals surface area contributed by atoms with Crippen LogP contribution in [0.4, 0.5) is 11.5 Å². The van der Waals surface area contributed by atoms with Crippen LogP contribution in [0.5, 0.6) is 0 Å². The Bertz CT molecular complexity index is 624. The molecule has 5 heteroatoms. The van der Waals surface area contributed by atoms with Crippen LogP contribution in [0.2, 0.25) is 0 Å². The number of anilines is 2. The molecule has 2 aromatic rings. The van der Waals surface area contributed by atoms with Crippen LogP contribution in [-0.2, 0) is 4.79 Å². The number of carbonyl (C=O) groups is 1. The third kappa shape index (κ3) is 4.73. The molecule has 0 radical (unpaired) electrons. The van der Waals surface area contributed by atoms with Gasteiger partial charge in [0.1, 0.15) is 5.82 Å². The predicted octanol–water partition coefficient (Wildman–Crippen LogP) is 3.80. The number of rotatable bonds is 6. The molecule has 1 saturated heterocycles. The average Bonchev–Trinajstić information content (AvgIpc) is 3.11. The third-order valence-corrected chi connectivity index (χ3v) is 4.82. The molecule has 0 spiro atoms. The van der Waals surface area contributed by atoms with Crippen LogP contribution in [0, 0.1) is 0 Å². The van der Waals surface area contributed by atoms with Gasteiger partial charge < -0.3 is 10.2 Å². The molecule has 1 aliphatic heterocycles. The topological polar surface area (TPSA) is 45.2 Å². The fraction of sp³-hybridized carbons (Fsp3) is 0.333. The van der Waals surface area contributed by atoms with Crippen molar-refractivity contribution in [2.45, 2.75) is 24.2 Å². The van der Waals surface area contributed by atoms with E-state index in [1.165, 1.54) is 17.7 Å². The van der Waals surface area contributed by atoms with Crippen molar-refractivity contribution in [3.05, 3.63) is 48.7 Å². The molecule has 120 valence electrons. The fourth-order valence-electron chi connectivity index (χ4n) is 2.60. The van der Waals surface area contributed by atoms with Crippen molar-refractivity contribution in [2.75, 3.05) is 29.1 Å². The number of pyridine rings is 1. The molecule has 1 aromatic heterocycles. The highest BCUT2D eigenvalue weighted by atomic mass is 32.2. The van der Waals surface area contributed by atoms with Gasteiger partial charge in [0.2, 0.25) is 5.91 Å². The number of thioether (sulfide) groups is 1.